The smallest absolute Gasteiger partial charge is 0.416 e. The Bertz CT molecular complexity index is 1310. The fourth-order valence-corrected chi connectivity index (χ4v) is 4.56. The first-order valence-electron chi connectivity index (χ1n) is 11.5. The van der Waals surface area contributed by atoms with Crippen LogP contribution in [0, 0.1) is 11.6 Å². The zero-order valence-electron chi connectivity index (χ0n) is 20.0. The second-order valence-electron chi connectivity index (χ2n) is 9.20. The van der Waals surface area contributed by atoms with E-state index in [-0.39, 0.29) is 23.3 Å². The first-order valence-corrected chi connectivity index (χ1v) is 11.5. The highest BCUT2D eigenvalue weighted by atomic mass is 19.4. The number of benzene rings is 3. The molecule has 3 aromatic carbocycles. The van der Waals surface area contributed by atoms with E-state index in [9.17, 15) is 35.5 Å². The second kappa shape index (κ2) is 10.2. The zero-order chi connectivity index (χ0) is 27.7. The summed E-state index contributed by atoms with van der Waals surface area (Å²) in [6.45, 7) is 0. The summed E-state index contributed by atoms with van der Waals surface area (Å²) >= 11 is 0. The number of amides is 2. The molecule has 4 nitrogen and oxygen atoms in total. The van der Waals surface area contributed by atoms with Crippen LogP contribution in [-0.4, -0.2) is 25.1 Å². The molecule has 11 heteroatoms. The molecule has 1 fully saturated rings. The summed E-state index contributed by atoms with van der Waals surface area (Å²) in [6.07, 6.45) is -6.32. The number of halogens is 7. The number of carbonyl (C=O) groups excluding carboxylic acids is 1. The molecule has 2 N–H and O–H groups in total. The Morgan fingerprint density at radius 1 is 0.947 bits per heavy atom. The summed E-state index contributed by atoms with van der Waals surface area (Å²) in [5.74, 6) is -5.20. The van der Waals surface area contributed by atoms with Crippen LogP contribution in [0.15, 0.2) is 66.7 Å². The van der Waals surface area contributed by atoms with Crippen molar-refractivity contribution in [3.8, 4) is 5.75 Å². The quantitative estimate of drug-likeness (QED) is 0.333. The molecule has 0 heterocycles. The summed E-state index contributed by atoms with van der Waals surface area (Å²) < 4.78 is 102. The number of methoxy groups -OCH3 is 1. The van der Waals surface area contributed by atoms with Crippen LogP contribution in [0.5, 0.6) is 5.75 Å². The van der Waals surface area contributed by atoms with Crippen molar-refractivity contribution in [1.29, 1.82) is 0 Å². The Balaban J connectivity index is 1.90. The molecular formula is C27H23F7N2O2. The Morgan fingerprint density at radius 2 is 1.61 bits per heavy atom. The largest absolute Gasteiger partial charge is 0.494 e. The molecule has 1 aliphatic rings. The minimum absolute atomic E-state index is 0.0763. The summed E-state index contributed by atoms with van der Waals surface area (Å²) in [4.78, 5) is 13.1. The van der Waals surface area contributed by atoms with Gasteiger partial charge in [0.15, 0.2) is 11.6 Å². The molecule has 38 heavy (non-hydrogen) atoms. The number of rotatable bonds is 7. The van der Waals surface area contributed by atoms with Crippen LogP contribution in [0.3, 0.4) is 0 Å². The van der Waals surface area contributed by atoms with Crippen molar-refractivity contribution in [1.82, 2.24) is 10.6 Å². The van der Waals surface area contributed by atoms with Crippen LogP contribution in [0.4, 0.5) is 35.5 Å². The lowest BCUT2D eigenvalue weighted by molar-refractivity contribution is -0.137. The summed E-state index contributed by atoms with van der Waals surface area (Å²) in [5.41, 5.74) is -2.89. The fourth-order valence-electron chi connectivity index (χ4n) is 4.56. The normalized spacial score (nSPS) is 16.7. The number of hydrogen-bond acceptors (Lipinski definition) is 2. The maximum absolute atomic E-state index is 14.7. The van der Waals surface area contributed by atoms with E-state index in [1.807, 2.05) is 0 Å². The topological polar surface area (TPSA) is 50.4 Å². The van der Waals surface area contributed by atoms with Crippen LogP contribution in [0.2, 0.25) is 0 Å². The van der Waals surface area contributed by atoms with Gasteiger partial charge in [0.05, 0.1) is 18.2 Å². The average Bonchev–Trinajstić information content (AvgIpc) is 2.82. The number of urea groups is 1. The van der Waals surface area contributed by atoms with Crippen molar-refractivity contribution in [2.75, 3.05) is 7.11 Å². The summed E-state index contributed by atoms with van der Waals surface area (Å²) in [7, 11) is 1.18. The molecule has 2 amide bonds. The summed E-state index contributed by atoms with van der Waals surface area (Å²) in [5, 5.41) is 5.01. The molecule has 0 unspecified atom stereocenters. The predicted octanol–water partition coefficient (Wildman–Crippen LogP) is 6.58. The summed E-state index contributed by atoms with van der Waals surface area (Å²) in [6, 6.07) is 11.7. The fraction of sp³-hybridized carbons (Fsp3) is 0.296. The van der Waals surface area contributed by atoms with Gasteiger partial charge in [0.1, 0.15) is 5.82 Å². The molecule has 4 rings (SSSR count). The van der Waals surface area contributed by atoms with Gasteiger partial charge in [0, 0.05) is 25.3 Å². The predicted molar refractivity (Wildman–Crippen MR) is 125 cm³/mol. The molecule has 1 atom stereocenters. The van der Waals surface area contributed by atoms with Gasteiger partial charge in [-0.2, -0.15) is 13.2 Å². The van der Waals surface area contributed by atoms with Gasteiger partial charge in [0.25, 0.3) is 5.92 Å². The van der Waals surface area contributed by atoms with E-state index in [0.29, 0.717) is 17.7 Å². The lowest BCUT2D eigenvalue weighted by atomic mass is 9.77. The SMILES string of the molecule is COc1cc([C@@](Cc2ccccc2)(NC(=O)NC2CC(F)(F)C2)c2cc(F)cc(C(F)(F)F)c2)ccc1F. The van der Waals surface area contributed by atoms with Crippen LogP contribution in [-0.2, 0) is 18.1 Å². The van der Waals surface area contributed by atoms with Gasteiger partial charge in [-0.15, -0.1) is 0 Å². The average molecular weight is 540 g/mol. The van der Waals surface area contributed by atoms with E-state index in [1.54, 1.807) is 30.3 Å². The molecule has 0 spiro atoms. The van der Waals surface area contributed by atoms with Gasteiger partial charge < -0.3 is 15.4 Å². The van der Waals surface area contributed by atoms with Crippen molar-refractivity contribution in [3.63, 3.8) is 0 Å². The molecule has 0 saturated heterocycles. The Labute approximate surface area is 213 Å². The number of nitrogens with one attached hydrogen (secondary N) is 2. The number of carbonyl (C=O) groups is 1. The van der Waals surface area contributed by atoms with E-state index < -0.39 is 59.8 Å². The van der Waals surface area contributed by atoms with E-state index in [2.05, 4.69) is 10.6 Å². The molecule has 3 aromatic rings. The highest BCUT2D eigenvalue weighted by Gasteiger charge is 2.47. The van der Waals surface area contributed by atoms with Gasteiger partial charge in [-0.1, -0.05) is 36.4 Å². The van der Waals surface area contributed by atoms with E-state index in [4.69, 9.17) is 4.74 Å². The van der Waals surface area contributed by atoms with Crippen LogP contribution >= 0.6 is 0 Å². The van der Waals surface area contributed by atoms with Crippen molar-refractivity contribution in [2.45, 2.75) is 42.9 Å². The molecular weight excluding hydrogens is 517 g/mol. The third-order valence-corrected chi connectivity index (χ3v) is 6.43. The minimum Gasteiger partial charge on any atom is -0.494 e. The number of ether oxygens (including phenoxy) is 1. The maximum atomic E-state index is 14.7. The number of alkyl halides is 5. The van der Waals surface area contributed by atoms with Crippen molar-refractivity contribution < 1.29 is 40.3 Å². The van der Waals surface area contributed by atoms with Crippen molar-refractivity contribution in [2.24, 2.45) is 0 Å². The molecule has 0 aliphatic heterocycles. The molecule has 202 valence electrons. The lowest BCUT2D eigenvalue weighted by Gasteiger charge is -2.39. The highest BCUT2D eigenvalue weighted by molar-refractivity contribution is 5.77. The lowest BCUT2D eigenvalue weighted by Crippen LogP contribution is -2.58. The standard InChI is InChI=1S/C27H23F7N2O2/c1-38-23-12-17(7-8-22(23)29)26(13-16-5-3-2-4-6-16,36-24(37)35-21-14-25(30,31)15-21)18-9-19(27(32,33)34)11-20(28)10-18/h2-12,21H,13-15H2,1H3,(H2,35,36,37)/t26-/m1/s1. The van der Waals surface area contributed by atoms with Crippen molar-refractivity contribution >= 4 is 6.03 Å². The Hall–Kier alpha value is -3.76. The highest BCUT2D eigenvalue weighted by Crippen LogP contribution is 2.40. The van der Waals surface area contributed by atoms with E-state index in [0.717, 1.165) is 12.1 Å². The monoisotopic (exact) mass is 540 g/mol. The van der Waals surface area contributed by atoms with Crippen LogP contribution < -0.4 is 15.4 Å². The Kier molecular flexibility index (Phi) is 7.31. The third-order valence-electron chi connectivity index (χ3n) is 6.43. The van der Waals surface area contributed by atoms with Crippen LogP contribution in [0.1, 0.15) is 35.1 Å². The van der Waals surface area contributed by atoms with Gasteiger partial charge in [-0.05, 0) is 47.0 Å². The molecule has 0 bridgehead atoms. The van der Waals surface area contributed by atoms with Gasteiger partial charge in [-0.3, -0.25) is 0 Å². The molecule has 1 saturated carbocycles. The zero-order valence-corrected chi connectivity index (χ0v) is 20.0. The molecule has 1 aliphatic carbocycles. The maximum Gasteiger partial charge on any atom is 0.416 e. The van der Waals surface area contributed by atoms with Gasteiger partial charge in [0.2, 0.25) is 0 Å². The molecule has 0 aromatic heterocycles. The third kappa shape index (κ3) is 5.87. The number of hydrogen-bond donors (Lipinski definition) is 2. The van der Waals surface area contributed by atoms with Crippen molar-refractivity contribution in [3.05, 3.63) is 101 Å². The Morgan fingerprint density at radius 3 is 2.21 bits per heavy atom. The van der Waals surface area contributed by atoms with E-state index in [1.165, 1.54) is 19.2 Å². The minimum atomic E-state index is -4.92. The van der Waals surface area contributed by atoms with Gasteiger partial charge >= 0.3 is 12.2 Å². The molecule has 0 radical (unpaired) electrons. The first-order chi connectivity index (χ1) is 17.8. The second-order valence-corrected chi connectivity index (χ2v) is 9.20. The van der Waals surface area contributed by atoms with Crippen LogP contribution in [0.25, 0.3) is 0 Å². The van der Waals surface area contributed by atoms with Gasteiger partial charge in [-0.25, -0.2) is 22.4 Å². The van der Waals surface area contributed by atoms with E-state index >= 15 is 0 Å². The first kappa shape index (κ1) is 27.3.